The van der Waals surface area contributed by atoms with E-state index in [1.807, 2.05) is 0 Å². The van der Waals surface area contributed by atoms with Gasteiger partial charge in [0, 0.05) is 0 Å². The SMILES string of the molecule is COC1=N[C@]2(CC=CCC2)C(OC)=N[C@@H]1C(C)C. The van der Waals surface area contributed by atoms with Crippen molar-refractivity contribution in [2.45, 2.75) is 44.7 Å². The van der Waals surface area contributed by atoms with Crippen LogP contribution >= 0.6 is 0 Å². The van der Waals surface area contributed by atoms with Gasteiger partial charge in [-0.2, -0.15) is 0 Å². The second-order valence-electron chi connectivity index (χ2n) is 5.23. The van der Waals surface area contributed by atoms with E-state index in [1.54, 1.807) is 14.2 Å². The van der Waals surface area contributed by atoms with E-state index in [-0.39, 0.29) is 11.6 Å². The van der Waals surface area contributed by atoms with Crippen LogP contribution in [0, 0.1) is 5.92 Å². The summed E-state index contributed by atoms with van der Waals surface area (Å²) in [4.78, 5) is 9.57. The van der Waals surface area contributed by atoms with E-state index >= 15 is 0 Å². The molecule has 0 saturated carbocycles. The lowest BCUT2D eigenvalue weighted by Gasteiger charge is -2.36. The second-order valence-corrected chi connectivity index (χ2v) is 5.23. The summed E-state index contributed by atoms with van der Waals surface area (Å²) in [6.07, 6.45) is 7.14. The van der Waals surface area contributed by atoms with Gasteiger partial charge >= 0.3 is 0 Å². The maximum absolute atomic E-state index is 5.51. The topological polar surface area (TPSA) is 43.2 Å². The molecule has 1 spiro atoms. The van der Waals surface area contributed by atoms with Crippen LogP contribution in [0.1, 0.15) is 33.1 Å². The van der Waals surface area contributed by atoms with Crippen molar-refractivity contribution in [3.05, 3.63) is 12.2 Å². The Labute approximate surface area is 109 Å². The highest BCUT2D eigenvalue weighted by Crippen LogP contribution is 2.34. The highest BCUT2D eigenvalue weighted by molar-refractivity contribution is 5.97. The number of aliphatic imine (C=N–C) groups is 2. The molecule has 100 valence electrons. The van der Waals surface area contributed by atoms with Gasteiger partial charge in [0.15, 0.2) is 0 Å². The number of rotatable bonds is 1. The Morgan fingerprint density at radius 2 is 2.06 bits per heavy atom. The van der Waals surface area contributed by atoms with Crippen LogP contribution in [0.2, 0.25) is 0 Å². The summed E-state index contributed by atoms with van der Waals surface area (Å²) in [5, 5.41) is 0. The number of hydrogen-bond donors (Lipinski definition) is 0. The Morgan fingerprint density at radius 1 is 1.28 bits per heavy atom. The molecule has 0 aromatic heterocycles. The second kappa shape index (κ2) is 5.12. The highest BCUT2D eigenvalue weighted by Gasteiger charge is 2.43. The summed E-state index contributed by atoms with van der Waals surface area (Å²) >= 11 is 0. The first kappa shape index (κ1) is 13.1. The van der Waals surface area contributed by atoms with E-state index in [1.165, 1.54) is 0 Å². The molecular formula is C14H22N2O2. The van der Waals surface area contributed by atoms with Gasteiger partial charge in [0.05, 0.1) is 14.2 Å². The summed E-state index contributed by atoms with van der Waals surface area (Å²) in [6, 6.07) is -0.0264. The molecule has 2 rings (SSSR count). The van der Waals surface area contributed by atoms with E-state index in [0.717, 1.165) is 31.1 Å². The minimum Gasteiger partial charge on any atom is -0.483 e. The zero-order chi connectivity index (χ0) is 13.2. The smallest absolute Gasteiger partial charge is 0.213 e. The molecule has 0 saturated heterocycles. The van der Waals surface area contributed by atoms with Crippen LogP contribution < -0.4 is 0 Å². The molecule has 0 bridgehead atoms. The summed E-state index contributed by atoms with van der Waals surface area (Å²) in [6.45, 7) is 4.24. The third-order valence-corrected chi connectivity index (χ3v) is 3.61. The molecule has 4 nitrogen and oxygen atoms in total. The van der Waals surface area contributed by atoms with Gasteiger partial charge in [-0.3, -0.25) is 0 Å². The van der Waals surface area contributed by atoms with Crippen LogP contribution in [-0.2, 0) is 9.47 Å². The first-order valence-corrected chi connectivity index (χ1v) is 6.54. The van der Waals surface area contributed by atoms with Crippen molar-refractivity contribution in [2.24, 2.45) is 15.9 Å². The van der Waals surface area contributed by atoms with E-state index in [9.17, 15) is 0 Å². The van der Waals surface area contributed by atoms with Crippen molar-refractivity contribution < 1.29 is 9.47 Å². The fraction of sp³-hybridized carbons (Fsp3) is 0.714. The highest BCUT2D eigenvalue weighted by atomic mass is 16.5. The van der Waals surface area contributed by atoms with Crippen LogP contribution in [0.3, 0.4) is 0 Å². The Bertz CT molecular complexity index is 399. The first-order valence-electron chi connectivity index (χ1n) is 6.54. The lowest BCUT2D eigenvalue weighted by Crippen LogP contribution is -2.47. The average molecular weight is 250 g/mol. The largest absolute Gasteiger partial charge is 0.483 e. The Kier molecular flexibility index (Phi) is 3.73. The third-order valence-electron chi connectivity index (χ3n) is 3.61. The van der Waals surface area contributed by atoms with Crippen LogP contribution in [0.15, 0.2) is 22.1 Å². The number of ether oxygens (including phenoxy) is 2. The van der Waals surface area contributed by atoms with Gasteiger partial charge in [-0.15, -0.1) is 0 Å². The average Bonchev–Trinajstić information content (AvgIpc) is 2.39. The van der Waals surface area contributed by atoms with E-state index in [2.05, 4.69) is 26.0 Å². The Balaban J connectivity index is 2.39. The third kappa shape index (κ3) is 2.16. The minimum atomic E-state index is -0.333. The van der Waals surface area contributed by atoms with Gasteiger partial charge in [-0.25, -0.2) is 9.98 Å². The molecule has 0 aromatic rings. The number of methoxy groups -OCH3 is 2. The van der Waals surface area contributed by atoms with E-state index < -0.39 is 0 Å². The summed E-state index contributed by atoms with van der Waals surface area (Å²) in [7, 11) is 3.36. The van der Waals surface area contributed by atoms with Crippen LogP contribution in [-0.4, -0.2) is 37.6 Å². The zero-order valence-electron chi connectivity index (χ0n) is 11.6. The van der Waals surface area contributed by atoms with Crippen LogP contribution in [0.25, 0.3) is 0 Å². The lowest BCUT2D eigenvalue weighted by molar-refractivity contribution is 0.295. The summed E-state index contributed by atoms with van der Waals surface area (Å²) < 4.78 is 11.0. The predicted octanol–water partition coefficient (Wildman–Crippen LogP) is 2.59. The van der Waals surface area contributed by atoms with Crippen molar-refractivity contribution in [2.75, 3.05) is 14.2 Å². The van der Waals surface area contributed by atoms with Gasteiger partial charge in [0.1, 0.15) is 11.6 Å². The van der Waals surface area contributed by atoms with Crippen molar-refractivity contribution in [1.29, 1.82) is 0 Å². The van der Waals surface area contributed by atoms with E-state index in [0.29, 0.717) is 5.92 Å². The molecule has 1 heterocycles. The van der Waals surface area contributed by atoms with E-state index in [4.69, 9.17) is 19.5 Å². The molecule has 1 aliphatic carbocycles. The molecule has 18 heavy (non-hydrogen) atoms. The normalized spacial score (nSPS) is 31.3. The minimum absolute atomic E-state index is 0.0264. The van der Waals surface area contributed by atoms with Crippen molar-refractivity contribution >= 4 is 11.8 Å². The molecule has 4 heteroatoms. The zero-order valence-corrected chi connectivity index (χ0v) is 11.6. The molecule has 0 amide bonds. The van der Waals surface area contributed by atoms with Crippen molar-refractivity contribution in [3.8, 4) is 0 Å². The molecule has 0 aromatic carbocycles. The fourth-order valence-corrected chi connectivity index (χ4v) is 2.59. The molecule has 2 aliphatic rings. The molecular weight excluding hydrogens is 228 g/mol. The van der Waals surface area contributed by atoms with Crippen LogP contribution in [0.4, 0.5) is 0 Å². The molecule has 0 N–H and O–H groups in total. The maximum Gasteiger partial charge on any atom is 0.213 e. The number of allylic oxidation sites excluding steroid dienone is 1. The molecule has 2 atom stereocenters. The first-order chi connectivity index (χ1) is 8.63. The van der Waals surface area contributed by atoms with Crippen molar-refractivity contribution in [3.63, 3.8) is 0 Å². The summed E-state index contributed by atoms with van der Waals surface area (Å²) in [5.41, 5.74) is -0.333. The fourth-order valence-electron chi connectivity index (χ4n) is 2.59. The van der Waals surface area contributed by atoms with Gasteiger partial charge in [0.25, 0.3) is 0 Å². The van der Waals surface area contributed by atoms with Gasteiger partial charge in [-0.1, -0.05) is 26.0 Å². The quantitative estimate of drug-likeness (QED) is 0.671. The van der Waals surface area contributed by atoms with Gasteiger partial charge < -0.3 is 9.47 Å². The predicted molar refractivity (Wildman–Crippen MR) is 73.2 cm³/mol. The molecule has 0 radical (unpaired) electrons. The monoisotopic (exact) mass is 250 g/mol. The van der Waals surface area contributed by atoms with Crippen molar-refractivity contribution in [1.82, 2.24) is 0 Å². The summed E-state index contributed by atoms with van der Waals surface area (Å²) in [5.74, 6) is 1.85. The van der Waals surface area contributed by atoms with Crippen LogP contribution in [0.5, 0.6) is 0 Å². The number of nitrogens with zero attached hydrogens (tertiary/aromatic N) is 2. The van der Waals surface area contributed by atoms with Gasteiger partial charge in [0.2, 0.25) is 11.8 Å². The standard InChI is InChI=1S/C14H22N2O2/c1-10(2)11-12(17-3)16-14(13(15-11)18-4)8-6-5-7-9-14/h5-6,10-11H,7-9H2,1-4H3/t11-,14+/m1/s1. The Hall–Kier alpha value is -1.32. The maximum atomic E-state index is 5.51. The Morgan fingerprint density at radius 3 is 2.56 bits per heavy atom. The lowest BCUT2D eigenvalue weighted by atomic mass is 9.84. The van der Waals surface area contributed by atoms with Gasteiger partial charge in [-0.05, 0) is 25.2 Å². The molecule has 0 fully saturated rings. The molecule has 1 aliphatic heterocycles. The molecule has 0 unspecified atom stereocenters. The number of hydrogen-bond acceptors (Lipinski definition) is 4.